The molecule has 0 saturated carbocycles. The average molecular weight is 1040 g/mol. The summed E-state index contributed by atoms with van der Waals surface area (Å²) < 4.78 is 23.7. The largest absolute Gasteiger partial charge is 0.472 e. The topological polar surface area (TPSA) is 105 Å². The first-order chi connectivity index (χ1) is 35.0. The van der Waals surface area contributed by atoms with Gasteiger partial charge in [-0.15, -0.1) is 0 Å². The van der Waals surface area contributed by atoms with Gasteiger partial charge in [-0.3, -0.25) is 13.8 Å². The number of rotatable bonds is 59. The van der Waals surface area contributed by atoms with Crippen LogP contribution in [0.2, 0.25) is 0 Å². The Morgan fingerprint density at radius 3 is 1.14 bits per heavy atom. The van der Waals surface area contributed by atoms with Crippen LogP contribution in [0, 0.1) is 0 Å². The van der Waals surface area contributed by atoms with Crippen LogP contribution >= 0.6 is 7.82 Å². The van der Waals surface area contributed by atoms with E-state index in [4.69, 9.17) is 9.05 Å². The predicted octanol–water partition coefficient (Wildman–Crippen LogP) is 19.5. The average Bonchev–Trinajstić information content (AvgIpc) is 3.34. The summed E-state index contributed by atoms with van der Waals surface area (Å²) in [6.45, 7) is 4.90. The Labute approximate surface area is 449 Å². The maximum Gasteiger partial charge on any atom is 0.472 e. The first-order valence-corrected chi connectivity index (χ1v) is 33.2. The number of hydrogen-bond donors (Lipinski definition) is 3. The minimum absolute atomic E-state index is 0.0775. The van der Waals surface area contributed by atoms with E-state index in [1.54, 1.807) is 0 Å². The highest BCUT2D eigenvalue weighted by Crippen LogP contribution is 2.43. The normalized spacial score (nSPS) is 13.9. The molecular weight excluding hydrogens is 912 g/mol. The van der Waals surface area contributed by atoms with Crippen molar-refractivity contribution in [3.63, 3.8) is 0 Å². The molecular formula is C63H126N2O6P+. The number of nitrogens with one attached hydrogen (secondary N) is 1. The molecule has 0 heterocycles. The zero-order chi connectivity index (χ0) is 52.7. The maximum atomic E-state index is 13.0. The van der Waals surface area contributed by atoms with Crippen LogP contribution in [0.25, 0.3) is 0 Å². The summed E-state index contributed by atoms with van der Waals surface area (Å²) >= 11 is 0. The van der Waals surface area contributed by atoms with Crippen molar-refractivity contribution in [3.8, 4) is 0 Å². The molecule has 428 valence electrons. The Hall–Kier alpha value is -1.02. The Balaban J connectivity index is 3.79. The molecule has 0 saturated heterocycles. The molecule has 0 aliphatic carbocycles. The van der Waals surface area contributed by atoms with E-state index in [0.717, 1.165) is 44.9 Å². The number of carbonyl (C=O) groups excluding carboxylic acids is 1. The second-order valence-electron chi connectivity index (χ2n) is 23.1. The van der Waals surface area contributed by atoms with E-state index in [-0.39, 0.29) is 19.1 Å². The second kappa shape index (κ2) is 54.8. The zero-order valence-corrected chi connectivity index (χ0v) is 49.8. The number of phosphoric acid groups is 1. The quantitative estimate of drug-likeness (QED) is 0.0243. The number of quaternary nitrogens is 1. The van der Waals surface area contributed by atoms with Gasteiger partial charge in [0, 0.05) is 6.42 Å². The molecule has 9 heteroatoms. The van der Waals surface area contributed by atoms with E-state index < -0.39 is 20.0 Å². The number of carbonyl (C=O) groups is 1. The highest BCUT2D eigenvalue weighted by Gasteiger charge is 2.28. The fraction of sp³-hybridized carbons (Fsp3) is 0.921. The molecule has 8 nitrogen and oxygen atoms in total. The van der Waals surface area contributed by atoms with Crippen LogP contribution in [0.3, 0.4) is 0 Å². The van der Waals surface area contributed by atoms with Gasteiger partial charge in [0.05, 0.1) is 39.9 Å². The smallest absolute Gasteiger partial charge is 0.391 e. The Morgan fingerprint density at radius 1 is 0.472 bits per heavy atom. The van der Waals surface area contributed by atoms with Crippen LogP contribution in [0.1, 0.15) is 322 Å². The van der Waals surface area contributed by atoms with Gasteiger partial charge in [0.2, 0.25) is 5.91 Å². The fourth-order valence-corrected chi connectivity index (χ4v) is 10.5. The number of amides is 1. The van der Waals surface area contributed by atoms with Crippen molar-refractivity contribution in [3.05, 3.63) is 24.3 Å². The van der Waals surface area contributed by atoms with Crippen LogP contribution in [-0.4, -0.2) is 73.4 Å². The molecule has 3 atom stereocenters. The molecule has 3 unspecified atom stereocenters. The van der Waals surface area contributed by atoms with Crippen molar-refractivity contribution in [1.82, 2.24) is 5.32 Å². The van der Waals surface area contributed by atoms with Crippen LogP contribution < -0.4 is 5.32 Å². The van der Waals surface area contributed by atoms with Gasteiger partial charge in [-0.05, 0) is 44.9 Å². The minimum Gasteiger partial charge on any atom is -0.391 e. The molecule has 1 amide bonds. The van der Waals surface area contributed by atoms with Gasteiger partial charge in [-0.2, -0.15) is 0 Å². The molecule has 0 aromatic carbocycles. The molecule has 0 radical (unpaired) electrons. The van der Waals surface area contributed by atoms with E-state index >= 15 is 0 Å². The van der Waals surface area contributed by atoms with Crippen LogP contribution in [-0.2, 0) is 18.4 Å². The fourth-order valence-electron chi connectivity index (χ4n) is 9.73. The van der Waals surface area contributed by atoms with Crippen LogP contribution in [0.5, 0.6) is 0 Å². The number of unbranched alkanes of at least 4 members (excludes halogenated alkanes) is 42. The third-order valence-corrected chi connectivity index (χ3v) is 15.7. The number of hydrogen-bond acceptors (Lipinski definition) is 5. The Morgan fingerprint density at radius 2 is 0.792 bits per heavy atom. The highest BCUT2D eigenvalue weighted by molar-refractivity contribution is 7.47. The molecule has 0 aromatic heterocycles. The number of aliphatic hydroxyl groups is 1. The minimum atomic E-state index is -4.31. The maximum absolute atomic E-state index is 13.0. The van der Waals surface area contributed by atoms with Crippen molar-refractivity contribution < 1.29 is 32.9 Å². The van der Waals surface area contributed by atoms with Gasteiger partial charge in [-0.1, -0.05) is 295 Å². The van der Waals surface area contributed by atoms with Gasteiger partial charge in [-0.25, -0.2) is 4.57 Å². The molecule has 0 aliphatic rings. The van der Waals surface area contributed by atoms with Crippen molar-refractivity contribution in [2.75, 3.05) is 40.9 Å². The Bertz CT molecular complexity index is 1220. The third kappa shape index (κ3) is 56.7. The summed E-state index contributed by atoms with van der Waals surface area (Å²) in [5, 5.41) is 14.0. The van der Waals surface area contributed by atoms with Crippen LogP contribution in [0.15, 0.2) is 24.3 Å². The van der Waals surface area contributed by atoms with Gasteiger partial charge >= 0.3 is 7.82 Å². The van der Waals surface area contributed by atoms with E-state index in [0.29, 0.717) is 23.9 Å². The lowest BCUT2D eigenvalue weighted by Gasteiger charge is -2.26. The van der Waals surface area contributed by atoms with E-state index in [1.165, 1.54) is 250 Å². The summed E-state index contributed by atoms with van der Waals surface area (Å²) in [6, 6.07) is -0.756. The van der Waals surface area contributed by atoms with Crippen molar-refractivity contribution in [1.29, 1.82) is 0 Å². The lowest BCUT2D eigenvalue weighted by molar-refractivity contribution is -0.870. The number of likely N-dealkylation sites (N-methyl/N-ethyl adjacent to an activating group) is 1. The molecule has 72 heavy (non-hydrogen) atoms. The van der Waals surface area contributed by atoms with Crippen LogP contribution in [0.4, 0.5) is 0 Å². The summed E-state index contributed by atoms with van der Waals surface area (Å²) in [6.07, 6.45) is 70.0. The standard InChI is InChI=1S/C63H125N2O6P/c1-6-8-10-12-14-16-18-19-20-21-22-23-24-25-26-27-28-29-30-31-32-33-34-35-36-37-38-39-40-41-42-43-44-45-47-49-51-53-55-57-63(67)64-61(60-71-72(68,69)70-59-58-65(3,4)5)62(66)56-54-52-50-48-46-17-15-13-11-9-7-2/h18-19,21-22,61-62,66H,6-17,20,23-60H2,1-5H3,(H-,64,67,68,69)/p+1/b19-18-,22-21-. The van der Waals surface area contributed by atoms with E-state index in [2.05, 4.69) is 43.5 Å². The second-order valence-corrected chi connectivity index (χ2v) is 24.6. The third-order valence-electron chi connectivity index (χ3n) is 14.7. The number of phosphoric ester groups is 1. The molecule has 0 fully saturated rings. The summed E-state index contributed by atoms with van der Waals surface area (Å²) in [7, 11) is 1.63. The molecule has 0 spiro atoms. The number of aliphatic hydroxyl groups excluding tert-OH is 1. The van der Waals surface area contributed by atoms with Gasteiger partial charge in [0.1, 0.15) is 13.2 Å². The molecule has 0 aliphatic heterocycles. The first kappa shape index (κ1) is 71.0. The Kier molecular flexibility index (Phi) is 54.0. The zero-order valence-electron chi connectivity index (χ0n) is 48.9. The SMILES string of the molecule is CCCCCCC/C=C\C/C=C\CCCCCCCCCCCCCCCCCCCCCCCCCCCCCC(=O)NC(COP(=O)(O)OCC[N+](C)(C)C)C(O)CCCCCCCCCCCCC. The van der Waals surface area contributed by atoms with Crippen molar-refractivity contribution in [2.24, 2.45) is 0 Å². The molecule has 3 N–H and O–H groups in total. The monoisotopic (exact) mass is 1040 g/mol. The van der Waals surface area contributed by atoms with Gasteiger partial charge in [0.25, 0.3) is 0 Å². The predicted molar refractivity (Wildman–Crippen MR) is 314 cm³/mol. The highest BCUT2D eigenvalue weighted by atomic mass is 31.2. The first-order valence-electron chi connectivity index (χ1n) is 31.7. The van der Waals surface area contributed by atoms with Gasteiger partial charge in [0.15, 0.2) is 0 Å². The molecule has 0 bridgehead atoms. The number of allylic oxidation sites excluding steroid dienone is 4. The lowest BCUT2D eigenvalue weighted by atomic mass is 10.0. The molecule has 0 aromatic rings. The summed E-state index contributed by atoms with van der Waals surface area (Å²) in [5.74, 6) is -0.139. The van der Waals surface area contributed by atoms with E-state index in [9.17, 15) is 19.4 Å². The van der Waals surface area contributed by atoms with Crippen molar-refractivity contribution >= 4 is 13.7 Å². The molecule has 0 rings (SSSR count). The summed E-state index contributed by atoms with van der Waals surface area (Å²) in [5.41, 5.74) is 0. The van der Waals surface area contributed by atoms with Crippen molar-refractivity contribution in [2.45, 2.75) is 334 Å². The summed E-state index contributed by atoms with van der Waals surface area (Å²) in [4.78, 5) is 23.3. The lowest BCUT2D eigenvalue weighted by Crippen LogP contribution is -2.46. The number of nitrogens with zero attached hydrogens (tertiary/aromatic N) is 1. The van der Waals surface area contributed by atoms with Gasteiger partial charge < -0.3 is 19.8 Å². The van der Waals surface area contributed by atoms with E-state index in [1.807, 2.05) is 21.1 Å².